The van der Waals surface area contributed by atoms with Crippen molar-refractivity contribution in [2.75, 3.05) is 19.3 Å². The Morgan fingerprint density at radius 3 is 2.84 bits per heavy atom. The van der Waals surface area contributed by atoms with Crippen molar-refractivity contribution in [1.29, 1.82) is 0 Å². The number of rotatable bonds is 6. The number of benzene rings is 1. The third kappa shape index (κ3) is 2.92. The fourth-order valence-electron chi connectivity index (χ4n) is 4.46. The summed E-state index contributed by atoms with van der Waals surface area (Å²) in [6.07, 6.45) is 4.01. The van der Waals surface area contributed by atoms with Gasteiger partial charge in [0.2, 0.25) is 5.88 Å². The van der Waals surface area contributed by atoms with Gasteiger partial charge >= 0.3 is 0 Å². The van der Waals surface area contributed by atoms with E-state index in [1.165, 1.54) is 0 Å². The fourth-order valence-corrected chi connectivity index (χ4v) is 4.46. The van der Waals surface area contributed by atoms with Crippen LogP contribution in [0.3, 0.4) is 0 Å². The molecule has 5 rings (SSSR count). The number of fused-ring (bicyclic) bond motifs is 2. The molecule has 1 fully saturated rings. The maximum absolute atomic E-state index is 12.4. The summed E-state index contributed by atoms with van der Waals surface area (Å²) in [7, 11) is 0. The van der Waals surface area contributed by atoms with E-state index in [9.17, 15) is 4.79 Å². The highest BCUT2D eigenvalue weighted by molar-refractivity contribution is 6.11. The molecule has 4 aromatic rings. The van der Waals surface area contributed by atoms with Gasteiger partial charge in [-0.1, -0.05) is 6.07 Å². The van der Waals surface area contributed by atoms with Crippen LogP contribution < -0.4 is 21.5 Å². The van der Waals surface area contributed by atoms with Crippen LogP contribution in [0.15, 0.2) is 24.4 Å². The highest BCUT2D eigenvalue weighted by Crippen LogP contribution is 2.37. The number of amides is 1. The summed E-state index contributed by atoms with van der Waals surface area (Å²) < 4.78 is 30.6. The van der Waals surface area contributed by atoms with Crippen molar-refractivity contribution in [3.05, 3.63) is 41.1 Å². The molecule has 0 unspecified atom stereocenters. The van der Waals surface area contributed by atoms with Gasteiger partial charge in [-0.05, 0) is 57.8 Å². The molecule has 0 aliphatic heterocycles. The number of nitrogen functional groups attached to an aromatic ring is 1. The van der Waals surface area contributed by atoms with Crippen molar-refractivity contribution >= 4 is 33.7 Å². The summed E-state index contributed by atoms with van der Waals surface area (Å²) in [4.78, 5) is 17.2. The number of nitrogens with zero attached hydrogens (tertiary/aromatic N) is 3. The topological polar surface area (TPSA) is 137 Å². The summed E-state index contributed by atoms with van der Waals surface area (Å²) >= 11 is 0. The lowest BCUT2D eigenvalue weighted by Crippen LogP contribution is -2.53. The summed E-state index contributed by atoms with van der Waals surface area (Å²) in [5, 5.41) is 11.2. The quantitative estimate of drug-likeness (QED) is 0.367. The fraction of sp³-hybridized carbons (Fsp3) is 0.348. The minimum absolute atomic E-state index is 0.153. The number of anilines is 1. The first-order chi connectivity index (χ1) is 16.5. The second-order valence-corrected chi connectivity index (χ2v) is 8.55. The molecule has 3 heterocycles. The van der Waals surface area contributed by atoms with Gasteiger partial charge < -0.3 is 21.5 Å². The van der Waals surface area contributed by atoms with Crippen LogP contribution in [0.5, 0.6) is 5.88 Å². The van der Waals surface area contributed by atoms with Crippen LogP contribution in [0.25, 0.3) is 27.6 Å². The van der Waals surface area contributed by atoms with E-state index >= 15 is 0 Å². The highest BCUT2D eigenvalue weighted by Gasteiger charge is 2.36. The Labute approximate surface area is 189 Å². The molecule has 0 spiro atoms. The molecule has 0 atom stereocenters. The third-order valence-electron chi connectivity index (χ3n) is 6.45. The molecule has 3 aromatic heterocycles. The predicted octanol–water partition coefficient (Wildman–Crippen LogP) is 2.72. The van der Waals surface area contributed by atoms with Crippen molar-refractivity contribution in [1.82, 2.24) is 25.1 Å². The molecule has 0 saturated heterocycles. The summed E-state index contributed by atoms with van der Waals surface area (Å²) in [6, 6.07) is 5.62. The molecule has 6 N–H and O–H groups in total. The molecule has 9 nitrogen and oxygen atoms in total. The molecule has 1 aliphatic rings. The molecular weight excluding hydrogens is 406 g/mol. The second kappa shape index (κ2) is 7.23. The third-order valence-corrected chi connectivity index (χ3v) is 6.45. The zero-order valence-electron chi connectivity index (χ0n) is 21.0. The van der Waals surface area contributed by atoms with E-state index in [2.05, 4.69) is 15.5 Å². The molecule has 166 valence electrons. The van der Waals surface area contributed by atoms with Crippen molar-refractivity contribution in [3.63, 3.8) is 0 Å². The van der Waals surface area contributed by atoms with E-state index in [-0.39, 0.29) is 18.0 Å². The van der Waals surface area contributed by atoms with Crippen LogP contribution in [-0.2, 0) is 0 Å². The van der Waals surface area contributed by atoms with E-state index < -0.39 is 18.4 Å². The summed E-state index contributed by atoms with van der Waals surface area (Å²) in [5.41, 5.74) is 15.3. The van der Waals surface area contributed by atoms with Crippen LogP contribution in [0.2, 0.25) is 0 Å². The maximum Gasteiger partial charge on any atom is 0.253 e. The number of hydrogen-bond donors (Lipinski definition) is 4. The van der Waals surface area contributed by atoms with Gasteiger partial charge in [0.05, 0.1) is 28.5 Å². The Bertz CT molecular complexity index is 1470. The van der Waals surface area contributed by atoms with Crippen LogP contribution >= 0.6 is 0 Å². The van der Waals surface area contributed by atoms with Gasteiger partial charge in [-0.3, -0.25) is 14.5 Å². The minimum atomic E-state index is -2.27. The molecule has 0 radical (unpaired) electrons. The number of nitrogens with one attached hydrogen (secondary N) is 2. The van der Waals surface area contributed by atoms with Gasteiger partial charge in [-0.15, -0.1) is 0 Å². The van der Waals surface area contributed by atoms with Crippen LogP contribution in [0.1, 0.15) is 44.9 Å². The highest BCUT2D eigenvalue weighted by atomic mass is 16.5. The number of pyridine rings is 1. The second-order valence-electron chi connectivity index (χ2n) is 8.55. The van der Waals surface area contributed by atoms with E-state index in [1.807, 2.05) is 26.0 Å². The van der Waals surface area contributed by atoms with Gasteiger partial charge in [-0.2, -0.15) is 10.1 Å². The largest absolute Gasteiger partial charge is 0.475 e. The van der Waals surface area contributed by atoms with E-state index in [1.54, 1.807) is 16.8 Å². The number of carbonyl (C=O) groups excluding carboxylic acids is 1. The Hall–Kier alpha value is -3.59. The Balaban J connectivity index is 1.65. The zero-order valence-corrected chi connectivity index (χ0v) is 18.0. The molecule has 1 saturated carbocycles. The lowest BCUT2D eigenvalue weighted by Gasteiger charge is -2.41. The SMILES string of the molecule is [2H]C([2H])([2H])NC1(COc2nc3c(cc2C)c(C(N)=O)c(N)n3-c2c(C)ccc3[nH]ncc23)CCC1. The molecule has 9 heteroatoms. The number of ether oxygens (including phenoxy) is 1. The number of aryl methyl sites for hydroxylation is 2. The Kier molecular flexibility index (Phi) is 3.85. The number of aromatic nitrogens is 4. The van der Waals surface area contributed by atoms with E-state index in [4.69, 9.17) is 25.3 Å². The molecule has 1 aromatic carbocycles. The number of hydrogen-bond acceptors (Lipinski definition) is 6. The van der Waals surface area contributed by atoms with Gasteiger partial charge in [0.15, 0.2) is 5.65 Å². The first kappa shape index (κ1) is 17.0. The number of carbonyl (C=O) groups is 1. The number of H-pyrrole nitrogens is 1. The lowest BCUT2D eigenvalue weighted by molar-refractivity contribution is 0.100. The van der Waals surface area contributed by atoms with E-state index in [0.717, 1.165) is 28.6 Å². The molecule has 1 amide bonds. The zero-order chi connectivity index (χ0) is 25.1. The molecular formula is C23H27N7O2. The van der Waals surface area contributed by atoms with Gasteiger partial charge in [0, 0.05) is 20.4 Å². The van der Waals surface area contributed by atoms with Crippen molar-refractivity contribution in [3.8, 4) is 11.6 Å². The normalized spacial score (nSPS) is 17.0. The smallest absolute Gasteiger partial charge is 0.253 e. The van der Waals surface area contributed by atoms with E-state index in [0.29, 0.717) is 35.3 Å². The van der Waals surface area contributed by atoms with Crippen LogP contribution in [0.4, 0.5) is 5.82 Å². The van der Waals surface area contributed by atoms with Crippen LogP contribution in [-0.4, -0.2) is 44.8 Å². The number of primary amides is 1. The van der Waals surface area contributed by atoms with Gasteiger partial charge in [-0.25, -0.2) is 0 Å². The predicted molar refractivity (Wildman–Crippen MR) is 124 cm³/mol. The minimum Gasteiger partial charge on any atom is -0.475 e. The average molecular weight is 437 g/mol. The maximum atomic E-state index is 12.4. The van der Waals surface area contributed by atoms with Crippen molar-refractivity contribution in [2.45, 2.75) is 38.6 Å². The summed E-state index contributed by atoms with van der Waals surface area (Å²) in [6.45, 7) is 1.63. The Morgan fingerprint density at radius 1 is 1.34 bits per heavy atom. The first-order valence-corrected chi connectivity index (χ1v) is 10.5. The average Bonchev–Trinajstić information content (AvgIpc) is 3.31. The summed E-state index contributed by atoms with van der Waals surface area (Å²) in [5.74, 6) is -0.149. The molecule has 0 bridgehead atoms. The molecule has 32 heavy (non-hydrogen) atoms. The monoisotopic (exact) mass is 436 g/mol. The van der Waals surface area contributed by atoms with Gasteiger partial charge in [0.1, 0.15) is 12.4 Å². The number of aromatic amines is 1. The van der Waals surface area contributed by atoms with Crippen LogP contribution in [0, 0.1) is 13.8 Å². The Morgan fingerprint density at radius 2 is 2.16 bits per heavy atom. The van der Waals surface area contributed by atoms with Gasteiger partial charge in [0.25, 0.3) is 5.91 Å². The van der Waals surface area contributed by atoms with Crippen molar-refractivity contribution < 1.29 is 13.6 Å². The number of nitrogens with two attached hydrogens (primary N) is 2. The number of likely N-dealkylation sites (N-methyl/N-ethyl adjacent to an activating group) is 1. The lowest BCUT2D eigenvalue weighted by atomic mass is 9.77. The first-order valence-electron chi connectivity index (χ1n) is 12.0. The van der Waals surface area contributed by atoms with Crippen molar-refractivity contribution in [2.24, 2.45) is 5.73 Å². The standard InChI is InChI=1S/C23H27N7O2/c1-12-5-6-16-15(10-27-29-16)18(12)30-19(24)17(20(25)31)14-9-13(2)22(28-21(14)30)32-11-23(26-3)7-4-8-23/h5-6,9-10,26H,4,7-8,11,24H2,1-3H3,(H2,25,31)(H,27,29)/i3D3. The molecule has 1 aliphatic carbocycles.